The fourth-order valence-electron chi connectivity index (χ4n) is 10.2. The second kappa shape index (κ2) is 20.3. The monoisotopic (exact) mass is 1150 g/mol. The van der Waals surface area contributed by atoms with Crippen molar-refractivity contribution in [2.45, 2.75) is 105 Å². The molecule has 11 rings (SSSR count). The minimum atomic E-state index is -2.33. The summed E-state index contributed by atoms with van der Waals surface area (Å²) < 4.78 is 45.1. The molecule has 1 aliphatic carbocycles. The number of benzene rings is 5. The third-order valence-electron chi connectivity index (χ3n) is 14.2. The first-order valence-corrected chi connectivity index (χ1v) is 28.3. The Kier molecular flexibility index (Phi) is 13.1. The maximum atomic E-state index is 14.1. The molecule has 0 N–H and O–H groups in total. The van der Waals surface area contributed by atoms with Crippen molar-refractivity contribution in [1.29, 1.82) is 0 Å². The van der Waals surface area contributed by atoms with Crippen LogP contribution < -0.4 is 5.19 Å². The molecule has 0 amide bonds. The Bertz CT molecular complexity index is 3630. The predicted octanol–water partition coefficient (Wildman–Crippen LogP) is 16.3. The molecule has 72 heavy (non-hydrogen) atoms. The molecule has 1 radical (unpaired) electrons. The van der Waals surface area contributed by atoms with E-state index in [1.807, 2.05) is 19.1 Å². The second-order valence-corrected chi connectivity index (χ2v) is 26.4. The summed E-state index contributed by atoms with van der Waals surface area (Å²) in [5.74, 6) is 1.22. The van der Waals surface area contributed by atoms with Crippen molar-refractivity contribution in [3.05, 3.63) is 180 Å². The number of fused-ring (bicyclic) bond motifs is 4. The molecule has 1 aliphatic rings. The first-order valence-electron chi connectivity index (χ1n) is 26.3. The summed E-state index contributed by atoms with van der Waals surface area (Å²) in [7, 11) is -1.45. The number of rotatable bonds is 8. The Hall–Kier alpha value is -6.38. The largest absolute Gasteiger partial charge is 0.486 e. The van der Waals surface area contributed by atoms with Gasteiger partial charge in [0.05, 0.1) is 41.9 Å². The van der Waals surface area contributed by atoms with Gasteiger partial charge < -0.3 is 14.0 Å². The fraction of sp³-hybridized carbons (Fsp3) is 0.270. The zero-order chi connectivity index (χ0) is 52.3. The van der Waals surface area contributed by atoms with Crippen LogP contribution in [0.1, 0.15) is 91.6 Å². The predicted molar refractivity (Wildman–Crippen MR) is 294 cm³/mol. The van der Waals surface area contributed by atoms with Gasteiger partial charge in [-0.3, -0.25) is 14.4 Å². The van der Waals surface area contributed by atoms with Gasteiger partial charge in [-0.25, -0.2) is 4.98 Å². The Balaban J connectivity index is 0.000000264. The molecule has 1 unspecified atom stereocenters. The van der Waals surface area contributed by atoms with E-state index in [4.69, 9.17) is 23.5 Å². The zero-order valence-electron chi connectivity index (χ0n) is 45.5. The van der Waals surface area contributed by atoms with Gasteiger partial charge in [-0.2, -0.15) is 0 Å². The molecular formula is C63H62FIrN5OSi-2. The summed E-state index contributed by atoms with van der Waals surface area (Å²) in [6.07, 6.45) is 6.95. The van der Waals surface area contributed by atoms with Crippen LogP contribution in [0.25, 0.3) is 83.7 Å². The molecule has 9 heteroatoms. The second-order valence-electron chi connectivity index (χ2n) is 21.3. The summed E-state index contributed by atoms with van der Waals surface area (Å²) in [6, 6.07) is 49.1. The molecule has 1 atom stereocenters. The van der Waals surface area contributed by atoms with E-state index in [2.05, 4.69) is 173 Å². The maximum absolute atomic E-state index is 14.1. The first kappa shape index (κ1) is 46.7. The van der Waals surface area contributed by atoms with Gasteiger partial charge in [0.15, 0.2) is 0 Å². The van der Waals surface area contributed by atoms with Gasteiger partial charge >= 0.3 is 0 Å². The summed E-state index contributed by atoms with van der Waals surface area (Å²) in [5.41, 5.74) is 14.4. The van der Waals surface area contributed by atoms with Crippen LogP contribution in [0.2, 0.25) is 19.6 Å². The van der Waals surface area contributed by atoms with Gasteiger partial charge in [0.25, 0.3) is 0 Å². The maximum Gasteiger partial charge on any atom is 0.216 e. The van der Waals surface area contributed by atoms with Gasteiger partial charge in [0.2, 0.25) is 5.71 Å². The number of furan rings is 1. The minimum absolute atomic E-state index is 0. The SMILES string of the molecule is Cc1cc2nc(-c3[c-]ccc4c3oc3nc(C(C)C5CCCC5)ccc34)n(-c3c(-c4ccccc4)cc(C(C)(C)C)cc3-c3ccccc3)c2c(C)n1.[2H]C([2H])([2H])c1c[c-]c(-c2ccc([Si](C)(C)C)cn2)c(F)c1.[Ir]. The molecule has 0 saturated heterocycles. The van der Waals surface area contributed by atoms with E-state index in [0.717, 1.165) is 89.9 Å². The molecule has 0 spiro atoms. The third kappa shape index (κ3) is 9.91. The van der Waals surface area contributed by atoms with Crippen LogP contribution in [-0.2, 0) is 25.5 Å². The average molecular weight is 1150 g/mol. The van der Waals surface area contributed by atoms with Gasteiger partial charge in [-0.1, -0.05) is 156 Å². The number of aromatic nitrogens is 5. The number of hydrogen-bond acceptors (Lipinski definition) is 5. The van der Waals surface area contributed by atoms with Crippen molar-refractivity contribution >= 4 is 46.4 Å². The molecule has 1 fully saturated rings. The Morgan fingerprint density at radius 1 is 0.792 bits per heavy atom. The van der Waals surface area contributed by atoms with E-state index in [1.54, 1.807) is 12.3 Å². The Labute approximate surface area is 442 Å². The normalized spacial score (nSPS) is 14.4. The van der Waals surface area contributed by atoms with Crippen molar-refractivity contribution in [2.75, 3.05) is 0 Å². The van der Waals surface area contributed by atoms with Crippen LogP contribution in [0.4, 0.5) is 4.39 Å². The van der Waals surface area contributed by atoms with Crippen molar-refractivity contribution < 1.29 is 33.0 Å². The van der Waals surface area contributed by atoms with Crippen LogP contribution in [0.15, 0.2) is 138 Å². The average Bonchev–Trinajstić information content (AvgIpc) is 4.15. The number of hydrogen-bond donors (Lipinski definition) is 0. The molecule has 5 heterocycles. The number of halogens is 1. The van der Waals surface area contributed by atoms with Crippen LogP contribution in [-0.4, -0.2) is 32.6 Å². The van der Waals surface area contributed by atoms with Crippen molar-refractivity contribution in [3.8, 4) is 50.6 Å². The molecule has 5 aromatic carbocycles. The minimum Gasteiger partial charge on any atom is -0.486 e. The third-order valence-corrected chi connectivity index (χ3v) is 16.2. The van der Waals surface area contributed by atoms with Gasteiger partial charge in [0, 0.05) is 70.1 Å². The van der Waals surface area contributed by atoms with E-state index in [0.29, 0.717) is 23.2 Å². The van der Waals surface area contributed by atoms with Crippen molar-refractivity contribution in [3.63, 3.8) is 0 Å². The molecule has 1 saturated carbocycles. The van der Waals surface area contributed by atoms with Crippen LogP contribution >= 0.6 is 0 Å². The summed E-state index contributed by atoms with van der Waals surface area (Å²) >= 11 is 0. The van der Waals surface area contributed by atoms with Gasteiger partial charge in [-0.15, -0.1) is 42.0 Å². The standard InChI is InChI=1S/C48H45N4O.C15H17FNSi.Ir/c1-29-26-42-43(31(3)49-29)52(44-39(33-18-9-7-10-19-33)27-35(48(4,5)6)28-40(44)34-20-11-8-12-21-34)46(50-42)38-23-15-22-36-37-24-25-41(51-47(37)53-45(36)38)30(2)32-16-13-14-17-32;1-11-5-7-13(14(16)9-11)15-8-6-12(10-17-15)18(2,3)4;/h7-12,15,18-22,24-28,30,32H,13-14,16-17H2,1-6H3;5-6,8-10H,1-4H3;/q2*-1;/i;1D3;. The number of imidazole rings is 1. The number of nitrogens with zero attached hydrogens (tertiary/aromatic N) is 5. The van der Waals surface area contributed by atoms with E-state index in [1.165, 1.54) is 42.5 Å². The van der Waals surface area contributed by atoms with Crippen molar-refractivity contribution in [1.82, 2.24) is 24.5 Å². The Morgan fingerprint density at radius 3 is 2.07 bits per heavy atom. The summed E-state index contributed by atoms with van der Waals surface area (Å²) in [6.45, 7) is 17.6. The van der Waals surface area contributed by atoms with E-state index in [-0.39, 0.29) is 36.6 Å². The van der Waals surface area contributed by atoms with Crippen LogP contribution in [0.3, 0.4) is 0 Å². The van der Waals surface area contributed by atoms with Crippen molar-refractivity contribution in [2.24, 2.45) is 5.92 Å². The molecule has 5 aromatic heterocycles. The summed E-state index contributed by atoms with van der Waals surface area (Å²) in [5, 5.41) is 3.21. The van der Waals surface area contributed by atoms with E-state index >= 15 is 0 Å². The smallest absolute Gasteiger partial charge is 0.216 e. The van der Waals surface area contributed by atoms with Gasteiger partial charge in [-0.05, 0) is 95.9 Å². The zero-order valence-corrected chi connectivity index (χ0v) is 45.9. The van der Waals surface area contributed by atoms with E-state index < -0.39 is 20.7 Å². The summed E-state index contributed by atoms with van der Waals surface area (Å²) in [4.78, 5) is 19.9. The Morgan fingerprint density at radius 2 is 1.47 bits per heavy atom. The molecule has 6 nitrogen and oxygen atoms in total. The number of aryl methyl sites for hydroxylation is 3. The molecular weight excluding hydrogens is 1080 g/mol. The quantitative estimate of drug-likeness (QED) is 0.112. The first-order chi connectivity index (χ1) is 35.2. The van der Waals surface area contributed by atoms with Crippen LogP contribution in [0.5, 0.6) is 0 Å². The molecule has 10 aromatic rings. The van der Waals surface area contributed by atoms with Gasteiger partial charge in [0.1, 0.15) is 0 Å². The molecule has 0 aliphatic heterocycles. The van der Waals surface area contributed by atoms with Crippen LogP contribution in [0, 0.1) is 44.6 Å². The fourth-order valence-corrected chi connectivity index (χ4v) is 11.2. The topological polar surface area (TPSA) is 69.6 Å². The molecule has 367 valence electrons. The number of pyridine rings is 3. The molecule has 0 bridgehead atoms. The van der Waals surface area contributed by atoms with E-state index in [9.17, 15) is 4.39 Å².